The van der Waals surface area contributed by atoms with E-state index in [0.717, 1.165) is 12.8 Å². The summed E-state index contributed by atoms with van der Waals surface area (Å²) in [6.45, 7) is 2.19. The normalized spacial score (nSPS) is 36.6. The van der Waals surface area contributed by atoms with Gasteiger partial charge in [-0.2, -0.15) is 0 Å². The van der Waals surface area contributed by atoms with E-state index in [9.17, 15) is 4.79 Å². The summed E-state index contributed by atoms with van der Waals surface area (Å²) in [6, 6.07) is 0. The van der Waals surface area contributed by atoms with Crippen LogP contribution in [0.1, 0.15) is 51.9 Å². The Labute approximate surface area is 86.0 Å². The molecule has 1 saturated heterocycles. The van der Waals surface area contributed by atoms with Crippen molar-refractivity contribution in [1.29, 1.82) is 0 Å². The number of fused-ring (bicyclic) bond motifs is 1. The molecule has 0 aromatic heterocycles. The lowest BCUT2D eigenvalue weighted by Gasteiger charge is -2.24. The fourth-order valence-corrected chi connectivity index (χ4v) is 2.90. The third-order valence-corrected chi connectivity index (χ3v) is 3.71. The molecule has 2 fully saturated rings. The Kier molecular flexibility index (Phi) is 3.09. The van der Waals surface area contributed by atoms with E-state index in [1.165, 1.54) is 32.1 Å². The Bertz CT molecular complexity index is 212. The van der Waals surface area contributed by atoms with Gasteiger partial charge in [0.15, 0.2) is 0 Å². The summed E-state index contributed by atoms with van der Waals surface area (Å²) in [5.41, 5.74) is 0. The highest BCUT2D eigenvalue weighted by Gasteiger charge is 2.44. The van der Waals surface area contributed by atoms with Gasteiger partial charge in [0.2, 0.25) is 0 Å². The van der Waals surface area contributed by atoms with Gasteiger partial charge in [0, 0.05) is 5.92 Å². The van der Waals surface area contributed by atoms with Crippen LogP contribution in [0.3, 0.4) is 0 Å². The third kappa shape index (κ3) is 1.79. The molecule has 1 saturated carbocycles. The minimum absolute atomic E-state index is 0.0933. The fraction of sp³-hybridized carbons (Fsp3) is 0.917. The highest BCUT2D eigenvalue weighted by Crippen LogP contribution is 2.41. The SMILES string of the molecule is CCCC[C@H]1OC(=O)[C@H]2CCCC[C@@H]21. The molecule has 0 radical (unpaired) electrons. The molecule has 0 amide bonds. The first-order chi connectivity index (χ1) is 6.83. The second-order valence-corrected chi connectivity index (χ2v) is 4.67. The number of ether oxygens (including phenoxy) is 1. The van der Waals surface area contributed by atoms with Gasteiger partial charge in [-0.25, -0.2) is 0 Å². The number of hydrogen-bond acceptors (Lipinski definition) is 2. The minimum Gasteiger partial charge on any atom is -0.462 e. The van der Waals surface area contributed by atoms with Gasteiger partial charge in [0.05, 0.1) is 5.92 Å². The Morgan fingerprint density at radius 1 is 1.36 bits per heavy atom. The van der Waals surface area contributed by atoms with Crippen molar-refractivity contribution >= 4 is 5.97 Å². The van der Waals surface area contributed by atoms with E-state index in [2.05, 4.69) is 6.92 Å². The molecule has 2 heteroatoms. The molecule has 2 nitrogen and oxygen atoms in total. The molecule has 1 aliphatic carbocycles. The van der Waals surface area contributed by atoms with E-state index in [1.807, 2.05) is 0 Å². The highest BCUT2D eigenvalue weighted by atomic mass is 16.6. The molecule has 0 unspecified atom stereocenters. The van der Waals surface area contributed by atoms with Crippen LogP contribution >= 0.6 is 0 Å². The summed E-state index contributed by atoms with van der Waals surface area (Å²) in [5.74, 6) is 0.907. The predicted molar refractivity (Wildman–Crippen MR) is 54.9 cm³/mol. The van der Waals surface area contributed by atoms with Crippen molar-refractivity contribution in [3.63, 3.8) is 0 Å². The number of carbonyl (C=O) groups excluding carboxylic acids is 1. The van der Waals surface area contributed by atoms with Crippen molar-refractivity contribution in [3.8, 4) is 0 Å². The Balaban J connectivity index is 1.95. The van der Waals surface area contributed by atoms with Crippen molar-refractivity contribution in [3.05, 3.63) is 0 Å². The van der Waals surface area contributed by atoms with Crippen LogP contribution in [0.15, 0.2) is 0 Å². The summed E-state index contributed by atoms with van der Waals surface area (Å²) in [6.07, 6.45) is 8.54. The van der Waals surface area contributed by atoms with Crippen LogP contribution in [0.25, 0.3) is 0 Å². The molecule has 0 N–H and O–H groups in total. The van der Waals surface area contributed by atoms with Gasteiger partial charge in [-0.15, -0.1) is 0 Å². The fourth-order valence-electron chi connectivity index (χ4n) is 2.90. The van der Waals surface area contributed by atoms with Crippen LogP contribution in [0.5, 0.6) is 0 Å². The number of esters is 1. The maximum absolute atomic E-state index is 11.6. The molecule has 1 aliphatic heterocycles. The average molecular weight is 196 g/mol. The lowest BCUT2D eigenvalue weighted by atomic mass is 9.77. The van der Waals surface area contributed by atoms with Crippen LogP contribution in [0.2, 0.25) is 0 Å². The van der Waals surface area contributed by atoms with E-state index in [1.54, 1.807) is 0 Å². The largest absolute Gasteiger partial charge is 0.462 e. The first-order valence-corrected chi connectivity index (χ1v) is 6.03. The van der Waals surface area contributed by atoms with E-state index >= 15 is 0 Å². The van der Waals surface area contributed by atoms with Gasteiger partial charge in [-0.3, -0.25) is 4.79 Å². The molecule has 80 valence electrons. The zero-order valence-corrected chi connectivity index (χ0v) is 9.00. The summed E-state index contributed by atoms with van der Waals surface area (Å²) in [5, 5.41) is 0. The second kappa shape index (κ2) is 4.33. The molecule has 2 aliphatic rings. The zero-order chi connectivity index (χ0) is 9.97. The van der Waals surface area contributed by atoms with Gasteiger partial charge in [-0.1, -0.05) is 32.6 Å². The first-order valence-electron chi connectivity index (χ1n) is 6.03. The summed E-state index contributed by atoms with van der Waals surface area (Å²) < 4.78 is 5.47. The minimum atomic E-state index is 0.0933. The van der Waals surface area contributed by atoms with E-state index < -0.39 is 0 Å². The van der Waals surface area contributed by atoms with Crippen molar-refractivity contribution in [1.82, 2.24) is 0 Å². The zero-order valence-electron chi connectivity index (χ0n) is 9.00. The number of carbonyl (C=O) groups is 1. The summed E-state index contributed by atoms with van der Waals surface area (Å²) >= 11 is 0. The number of rotatable bonds is 3. The van der Waals surface area contributed by atoms with Gasteiger partial charge >= 0.3 is 5.97 Å². The van der Waals surface area contributed by atoms with E-state index in [0.29, 0.717) is 5.92 Å². The van der Waals surface area contributed by atoms with Crippen molar-refractivity contribution < 1.29 is 9.53 Å². The Morgan fingerprint density at radius 3 is 2.93 bits per heavy atom. The maximum Gasteiger partial charge on any atom is 0.309 e. The van der Waals surface area contributed by atoms with Gasteiger partial charge in [0.25, 0.3) is 0 Å². The van der Waals surface area contributed by atoms with Crippen molar-refractivity contribution in [2.45, 2.75) is 58.0 Å². The van der Waals surface area contributed by atoms with E-state index in [-0.39, 0.29) is 18.0 Å². The smallest absolute Gasteiger partial charge is 0.309 e. The average Bonchev–Trinajstić information content (AvgIpc) is 2.54. The van der Waals surface area contributed by atoms with Crippen LogP contribution in [0.4, 0.5) is 0 Å². The van der Waals surface area contributed by atoms with E-state index in [4.69, 9.17) is 4.74 Å². The van der Waals surface area contributed by atoms with Gasteiger partial charge < -0.3 is 4.74 Å². The van der Waals surface area contributed by atoms with Crippen LogP contribution < -0.4 is 0 Å². The van der Waals surface area contributed by atoms with Crippen LogP contribution in [-0.2, 0) is 9.53 Å². The molecule has 1 heterocycles. The van der Waals surface area contributed by atoms with Crippen molar-refractivity contribution in [2.24, 2.45) is 11.8 Å². The maximum atomic E-state index is 11.6. The number of unbranched alkanes of at least 4 members (excludes halogenated alkanes) is 1. The third-order valence-electron chi connectivity index (χ3n) is 3.71. The number of hydrogen-bond donors (Lipinski definition) is 0. The second-order valence-electron chi connectivity index (χ2n) is 4.67. The predicted octanol–water partition coefficient (Wildman–Crippen LogP) is 2.91. The lowest BCUT2D eigenvalue weighted by Crippen LogP contribution is -2.24. The van der Waals surface area contributed by atoms with Crippen molar-refractivity contribution in [2.75, 3.05) is 0 Å². The molecule has 0 spiro atoms. The highest BCUT2D eigenvalue weighted by molar-refractivity contribution is 5.75. The molecule has 0 aromatic carbocycles. The quantitative estimate of drug-likeness (QED) is 0.649. The summed E-state index contributed by atoms with van der Waals surface area (Å²) in [4.78, 5) is 11.6. The molecular weight excluding hydrogens is 176 g/mol. The molecule has 0 aromatic rings. The molecule has 0 bridgehead atoms. The Morgan fingerprint density at radius 2 is 2.14 bits per heavy atom. The summed E-state index contributed by atoms with van der Waals surface area (Å²) in [7, 11) is 0. The standard InChI is InChI=1S/C12H20O2/c1-2-3-8-11-9-6-4-5-7-10(9)12(13)14-11/h9-11H,2-8H2,1H3/t9-,10-,11+/m0/s1. The number of cyclic esters (lactones) is 1. The molecule has 2 rings (SSSR count). The topological polar surface area (TPSA) is 26.3 Å². The lowest BCUT2D eigenvalue weighted by molar-refractivity contribution is -0.144. The Hall–Kier alpha value is -0.530. The molecule has 14 heavy (non-hydrogen) atoms. The molecular formula is C12H20O2. The van der Waals surface area contributed by atoms with Gasteiger partial charge in [-0.05, 0) is 19.3 Å². The van der Waals surface area contributed by atoms with Gasteiger partial charge in [0.1, 0.15) is 6.10 Å². The first kappa shape index (κ1) is 10.0. The van der Waals surface area contributed by atoms with Crippen LogP contribution in [0, 0.1) is 11.8 Å². The molecule has 3 atom stereocenters. The van der Waals surface area contributed by atoms with Crippen LogP contribution in [-0.4, -0.2) is 12.1 Å². The monoisotopic (exact) mass is 196 g/mol.